The Morgan fingerprint density at radius 1 is 0.897 bits per heavy atom. The first-order valence-electron chi connectivity index (χ1n) is 9.16. The average molecular weight is 384 g/mol. The van der Waals surface area contributed by atoms with Gasteiger partial charge in [0.25, 0.3) is 5.91 Å². The lowest BCUT2D eigenvalue weighted by Crippen LogP contribution is -2.11. The molecule has 2 heterocycles. The summed E-state index contributed by atoms with van der Waals surface area (Å²) in [4.78, 5) is 25.1. The summed E-state index contributed by atoms with van der Waals surface area (Å²) in [5, 5.41) is 6.15. The standard InChI is InChI=1S/C22H20N6O/c1-15-3-5-17(6-4-15)22(29)27-19-9-7-18(8-10-19)26-20-13-21(25-14-24-20)28-12-11-23-16(28)2/h3-14H,1-2H3,(H,27,29)(H,24,25,26). The predicted molar refractivity (Wildman–Crippen MR) is 113 cm³/mol. The van der Waals surface area contributed by atoms with Crippen molar-refractivity contribution in [3.05, 3.63) is 90.3 Å². The Hall–Kier alpha value is -4.00. The van der Waals surface area contributed by atoms with Gasteiger partial charge >= 0.3 is 0 Å². The summed E-state index contributed by atoms with van der Waals surface area (Å²) in [6.07, 6.45) is 5.09. The molecule has 7 heteroatoms. The molecule has 1 amide bonds. The Labute approximate surface area is 168 Å². The highest BCUT2D eigenvalue weighted by Gasteiger charge is 2.07. The van der Waals surface area contributed by atoms with Crippen LogP contribution in [0, 0.1) is 13.8 Å². The minimum atomic E-state index is -0.137. The number of aromatic nitrogens is 4. The molecule has 0 fully saturated rings. The van der Waals surface area contributed by atoms with E-state index < -0.39 is 0 Å². The Bertz CT molecular complexity index is 1130. The largest absolute Gasteiger partial charge is 0.340 e. The Morgan fingerprint density at radius 3 is 2.31 bits per heavy atom. The molecule has 144 valence electrons. The molecule has 2 aromatic carbocycles. The molecule has 7 nitrogen and oxygen atoms in total. The molecule has 0 bridgehead atoms. The lowest BCUT2D eigenvalue weighted by Gasteiger charge is -2.10. The molecular formula is C22H20N6O. The topological polar surface area (TPSA) is 84.7 Å². The van der Waals surface area contributed by atoms with E-state index in [0.29, 0.717) is 11.4 Å². The Morgan fingerprint density at radius 2 is 1.62 bits per heavy atom. The maximum absolute atomic E-state index is 12.3. The van der Waals surface area contributed by atoms with Crippen molar-refractivity contribution in [1.29, 1.82) is 0 Å². The van der Waals surface area contributed by atoms with Crippen LogP contribution in [0.25, 0.3) is 5.82 Å². The minimum absolute atomic E-state index is 0.137. The highest BCUT2D eigenvalue weighted by molar-refractivity contribution is 6.04. The molecule has 0 spiro atoms. The van der Waals surface area contributed by atoms with Gasteiger partial charge in [-0.15, -0.1) is 0 Å². The van der Waals surface area contributed by atoms with E-state index >= 15 is 0 Å². The van der Waals surface area contributed by atoms with E-state index in [1.807, 2.05) is 79.2 Å². The van der Waals surface area contributed by atoms with E-state index in [-0.39, 0.29) is 5.91 Å². The summed E-state index contributed by atoms with van der Waals surface area (Å²) in [6.45, 7) is 3.91. The fraction of sp³-hybridized carbons (Fsp3) is 0.0909. The molecule has 0 atom stereocenters. The van der Waals surface area contributed by atoms with Crippen LogP contribution in [-0.4, -0.2) is 25.4 Å². The Balaban J connectivity index is 1.44. The molecular weight excluding hydrogens is 364 g/mol. The van der Waals surface area contributed by atoms with Crippen LogP contribution in [0.1, 0.15) is 21.7 Å². The van der Waals surface area contributed by atoms with Gasteiger partial charge in [-0.05, 0) is 50.2 Å². The molecule has 4 rings (SSSR count). The number of imidazole rings is 1. The van der Waals surface area contributed by atoms with Crippen molar-refractivity contribution in [2.45, 2.75) is 13.8 Å². The van der Waals surface area contributed by atoms with E-state index in [4.69, 9.17) is 0 Å². The van der Waals surface area contributed by atoms with Gasteiger partial charge in [-0.3, -0.25) is 9.36 Å². The number of rotatable bonds is 5. The number of anilines is 3. The van der Waals surface area contributed by atoms with E-state index in [2.05, 4.69) is 25.6 Å². The molecule has 0 aliphatic carbocycles. The first-order valence-corrected chi connectivity index (χ1v) is 9.16. The molecule has 0 aliphatic rings. The van der Waals surface area contributed by atoms with Gasteiger partial charge in [0.15, 0.2) is 0 Å². The molecule has 0 radical (unpaired) electrons. The first-order chi connectivity index (χ1) is 14.1. The van der Waals surface area contributed by atoms with Crippen molar-refractivity contribution in [1.82, 2.24) is 19.5 Å². The van der Waals surface area contributed by atoms with Gasteiger partial charge < -0.3 is 10.6 Å². The number of carbonyl (C=O) groups excluding carboxylic acids is 1. The van der Waals surface area contributed by atoms with Crippen LogP contribution in [0.3, 0.4) is 0 Å². The lowest BCUT2D eigenvalue weighted by atomic mass is 10.1. The number of nitrogens with zero attached hydrogens (tertiary/aromatic N) is 4. The van der Waals surface area contributed by atoms with Crippen LogP contribution in [0.5, 0.6) is 0 Å². The number of benzene rings is 2. The zero-order valence-electron chi connectivity index (χ0n) is 16.1. The molecule has 0 saturated carbocycles. The zero-order valence-corrected chi connectivity index (χ0v) is 16.1. The smallest absolute Gasteiger partial charge is 0.255 e. The average Bonchev–Trinajstić information content (AvgIpc) is 3.16. The van der Waals surface area contributed by atoms with Gasteiger partial charge in [0, 0.05) is 35.4 Å². The van der Waals surface area contributed by atoms with Crippen molar-refractivity contribution >= 4 is 23.1 Å². The SMILES string of the molecule is Cc1ccc(C(=O)Nc2ccc(Nc3cc(-n4ccnc4C)ncn3)cc2)cc1. The third-order valence-electron chi connectivity index (χ3n) is 4.45. The summed E-state index contributed by atoms with van der Waals surface area (Å²) in [5.74, 6) is 2.11. The van der Waals surface area contributed by atoms with Gasteiger partial charge in [0.1, 0.15) is 23.8 Å². The Kier molecular flexibility index (Phi) is 5.03. The van der Waals surface area contributed by atoms with Crippen molar-refractivity contribution in [3.8, 4) is 5.82 Å². The zero-order chi connectivity index (χ0) is 20.2. The van der Waals surface area contributed by atoms with E-state index in [0.717, 1.165) is 28.6 Å². The minimum Gasteiger partial charge on any atom is -0.340 e. The second-order valence-electron chi connectivity index (χ2n) is 6.63. The van der Waals surface area contributed by atoms with Gasteiger partial charge in [-0.1, -0.05) is 17.7 Å². The molecule has 4 aromatic rings. The number of carbonyl (C=O) groups is 1. The first kappa shape index (κ1) is 18.4. The van der Waals surface area contributed by atoms with E-state index in [1.54, 1.807) is 6.20 Å². The quantitative estimate of drug-likeness (QED) is 0.537. The molecule has 2 N–H and O–H groups in total. The van der Waals surface area contributed by atoms with Gasteiger partial charge in [0.05, 0.1) is 0 Å². The highest BCUT2D eigenvalue weighted by Crippen LogP contribution is 2.19. The van der Waals surface area contributed by atoms with Crippen molar-refractivity contribution in [3.63, 3.8) is 0 Å². The summed E-state index contributed by atoms with van der Waals surface area (Å²) >= 11 is 0. The van der Waals surface area contributed by atoms with Crippen LogP contribution in [0.15, 0.2) is 73.3 Å². The summed E-state index contributed by atoms with van der Waals surface area (Å²) in [6, 6.07) is 16.8. The molecule has 29 heavy (non-hydrogen) atoms. The molecule has 0 unspecified atom stereocenters. The number of nitrogens with one attached hydrogen (secondary N) is 2. The van der Waals surface area contributed by atoms with Crippen molar-refractivity contribution in [2.75, 3.05) is 10.6 Å². The molecule has 2 aromatic heterocycles. The molecule has 0 aliphatic heterocycles. The van der Waals surface area contributed by atoms with Crippen molar-refractivity contribution in [2.24, 2.45) is 0 Å². The van der Waals surface area contributed by atoms with Gasteiger partial charge in [0.2, 0.25) is 0 Å². The number of amides is 1. The van der Waals surface area contributed by atoms with Crippen LogP contribution in [0.4, 0.5) is 17.2 Å². The predicted octanol–water partition coefficient (Wildman–Crippen LogP) is 4.28. The highest BCUT2D eigenvalue weighted by atomic mass is 16.1. The normalized spacial score (nSPS) is 10.6. The van der Waals surface area contributed by atoms with E-state index in [1.165, 1.54) is 6.33 Å². The van der Waals surface area contributed by atoms with Gasteiger partial charge in [-0.25, -0.2) is 15.0 Å². The number of hydrogen-bond acceptors (Lipinski definition) is 5. The van der Waals surface area contributed by atoms with Crippen LogP contribution in [0.2, 0.25) is 0 Å². The lowest BCUT2D eigenvalue weighted by molar-refractivity contribution is 0.102. The maximum Gasteiger partial charge on any atom is 0.255 e. The fourth-order valence-corrected chi connectivity index (χ4v) is 2.86. The number of aryl methyl sites for hydroxylation is 2. The number of hydrogen-bond donors (Lipinski definition) is 2. The second-order valence-corrected chi connectivity index (χ2v) is 6.63. The van der Waals surface area contributed by atoms with Crippen LogP contribution >= 0.6 is 0 Å². The fourth-order valence-electron chi connectivity index (χ4n) is 2.86. The third-order valence-corrected chi connectivity index (χ3v) is 4.45. The monoisotopic (exact) mass is 384 g/mol. The van der Waals surface area contributed by atoms with Gasteiger partial charge in [-0.2, -0.15) is 0 Å². The summed E-state index contributed by atoms with van der Waals surface area (Å²) in [5.41, 5.74) is 3.32. The second kappa shape index (κ2) is 7.93. The van der Waals surface area contributed by atoms with Crippen molar-refractivity contribution < 1.29 is 4.79 Å². The van der Waals surface area contributed by atoms with Crippen LogP contribution < -0.4 is 10.6 Å². The third kappa shape index (κ3) is 4.30. The molecule has 0 saturated heterocycles. The summed E-state index contributed by atoms with van der Waals surface area (Å²) in [7, 11) is 0. The van der Waals surface area contributed by atoms with Crippen LogP contribution in [-0.2, 0) is 0 Å². The summed E-state index contributed by atoms with van der Waals surface area (Å²) < 4.78 is 1.89. The van der Waals surface area contributed by atoms with E-state index in [9.17, 15) is 4.79 Å². The maximum atomic E-state index is 12.3.